The SMILES string of the molecule is CCCCCCCc1cnc(-c2ccc(-c3ccc(OC(=O)OCCCC[C@@H](C)CC)cc3)cc2)nc1. The zero-order chi connectivity index (χ0) is 26.3. The van der Waals surface area contributed by atoms with E-state index in [9.17, 15) is 4.79 Å². The van der Waals surface area contributed by atoms with Crippen LogP contribution in [0.2, 0.25) is 0 Å². The third-order valence-corrected chi connectivity index (χ3v) is 6.81. The number of nitrogens with zero attached hydrogens (tertiary/aromatic N) is 2. The molecule has 3 rings (SSSR count). The summed E-state index contributed by atoms with van der Waals surface area (Å²) < 4.78 is 10.5. The number of benzene rings is 2. The summed E-state index contributed by atoms with van der Waals surface area (Å²) in [6, 6.07) is 15.7. The highest BCUT2D eigenvalue weighted by Crippen LogP contribution is 2.25. The first kappa shape index (κ1) is 28.4. The second kappa shape index (κ2) is 15.8. The molecule has 1 heterocycles. The van der Waals surface area contributed by atoms with E-state index in [4.69, 9.17) is 9.47 Å². The van der Waals surface area contributed by atoms with Gasteiger partial charge in [-0.15, -0.1) is 0 Å². The summed E-state index contributed by atoms with van der Waals surface area (Å²) in [6.45, 7) is 7.08. The van der Waals surface area contributed by atoms with Crippen LogP contribution >= 0.6 is 0 Å². The topological polar surface area (TPSA) is 61.3 Å². The van der Waals surface area contributed by atoms with Crippen molar-refractivity contribution in [3.63, 3.8) is 0 Å². The molecule has 0 aliphatic heterocycles. The van der Waals surface area contributed by atoms with E-state index in [2.05, 4.69) is 42.9 Å². The molecule has 0 aliphatic carbocycles. The Labute approximate surface area is 222 Å². The lowest BCUT2D eigenvalue weighted by molar-refractivity contribution is 0.0970. The fourth-order valence-corrected chi connectivity index (χ4v) is 4.17. The number of aromatic nitrogens is 2. The summed E-state index contributed by atoms with van der Waals surface area (Å²) in [5.41, 5.74) is 4.30. The highest BCUT2D eigenvalue weighted by molar-refractivity contribution is 5.69. The molecule has 5 heteroatoms. The van der Waals surface area contributed by atoms with Crippen molar-refractivity contribution in [1.82, 2.24) is 9.97 Å². The van der Waals surface area contributed by atoms with E-state index < -0.39 is 6.16 Å². The second-order valence-corrected chi connectivity index (χ2v) is 9.89. The van der Waals surface area contributed by atoms with Crippen LogP contribution in [0.1, 0.15) is 84.1 Å². The minimum atomic E-state index is -0.650. The molecule has 0 N–H and O–H groups in total. The maximum atomic E-state index is 11.9. The molecule has 0 amide bonds. The van der Waals surface area contributed by atoms with E-state index in [1.54, 1.807) is 12.1 Å². The Bertz CT molecular complexity index is 1050. The molecule has 0 radical (unpaired) electrons. The summed E-state index contributed by atoms with van der Waals surface area (Å²) in [5, 5.41) is 0. The Morgan fingerprint density at radius 2 is 1.41 bits per heavy atom. The van der Waals surface area contributed by atoms with Crippen LogP contribution < -0.4 is 4.74 Å². The Hall–Kier alpha value is -3.21. The van der Waals surface area contributed by atoms with Gasteiger partial charge in [-0.05, 0) is 60.4 Å². The number of rotatable bonds is 15. The first-order chi connectivity index (χ1) is 18.1. The Morgan fingerprint density at radius 3 is 2.05 bits per heavy atom. The maximum Gasteiger partial charge on any atom is 0.513 e. The predicted molar refractivity (Wildman–Crippen MR) is 151 cm³/mol. The molecule has 3 aromatic rings. The largest absolute Gasteiger partial charge is 0.513 e. The van der Waals surface area contributed by atoms with Crippen LogP contribution in [0, 0.1) is 5.92 Å². The van der Waals surface area contributed by atoms with Crippen molar-refractivity contribution in [3.05, 3.63) is 66.5 Å². The molecule has 0 spiro atoms. The highest BCUT2D eigenvalue weighted by Gasteiger charge is 2.08. The van der Waals surface area contributed by atoms with Crippen molar-refractivity contribution in [2.24, 2.45) is 5.92 Å². The van der Waals surface area contributed by atoms with Crippen molar-refractivity contribution in [1.29, 1.82) is 0 Å². The van der Waals surface area contributed by atoms with E-state index in [-0.39, 0.29) is 0 Å². The van der Waals surface area contributed by atoms with E-state index in [0.29, 0.717) is 12.4 Å². The minimum Gasteiger partial charge on any atom is -0.434 e. The first-order valence-electron chi connectivity index (χ1n) is 14.0. The average Bonchev–Trinajstić information content (AvgIpc) is 2.93. The van der Waals surface area contributed by atoms with Gasteiger partial charge in [-0.3, -0.25) is 0 Å². The van der Waals surface area contributed by atoms with Crippen molar-refractivity contribution < 1.29 is 14.3 Å². The lowest BCUT2D eigenvalue weighted by Gasteiger charge is -2.09. The average molecular weight is 503 g/mol. The van der Waals surface area contributed by atoms with Gasteiger partial charge in [0.15, 0.2) is 5.82 Å². The lowest BCUT2D eigenvalue weighted by atomic mass is 10.0. The Kier molecular flexibility index (Phi) is 12.1. The third kappa shape index (κ3) is 9.99. The molecular formula is C32H42N2O3. The summed E-state index contributed by atoms with van der Waals surface area (Å²) >= 11 is 0. The molecule has 0 saturated carbocycles. The van der Waals surface area contributed by atoms with Crippen LogP contribution in [-0.4, -0.2) is 22.7 Å². The molecule has 0 unspecified atom stereocenters. The van der Waals surface area contributed by atoms with Crippen LogP contribution in [0.25, 0.3) is 22.5 Å². The van der Waals surface area contributed by atoms with Gasteiger partial charge in [0.05, 0.1) is 6.61 Å². The van der Waals surface area contributed by atoms with Crippen LogP contribution in [0.5, 0.6) is 5.75 Å². The number of carbonyl (C=O) groups is 1. The maximum absolute atomic E-state index is 11.9. The monoisotopic (exact) mass is 502 g/mol. The smallest absolute Gasteiger partial charge is 0.434 e. The van der Waals surface area contributed by atoms with Gasteiger partial charge in [-0.1, -0.05) is 95.7 Å². The Morgan fingerprint density at radius 1 is 0.784 bits per heavy atom. The molecule has 37 heavy (non-hydrogen) atoms. The third-order valence-electron chi connectivity index (χ3n) is 6.81. The van der Waals surface area contributed by atoms with Crippen molar-refractivity contribution in [2.45, 2.75) is 85.0 Å². The van der Waals surface area contributed by atoms with Gasteiger partial charge < -0.3 is 9.47 Å². The second-order valence-electron chi connectivity index (χ2n) is 9.89. The van der Waals surface area contributed by atoms with Crippen molar-refractivity contribution in [3.8, 4) is 28.3 Å². The van der Waals surface area contributed by atoms with Gasteiger partial charge in [0, 0.05) is 18.0 Å². The number of hydrogen-bond donors (Lipinski definition) is 0. The lowest BCUT2D eigenvalue weighted by Crippen LogP contribution is -2.11. The van der Waals surface area contributed by atoms with Gasteiger partial charge in [0.1, 0.15) is 5.75 Å². The number of unbranched alkanes of at least 4 members (excludes halogenated alkanes) is 5. The molecule has 0 aliphatic rings. The Balaban J connectivity index is 1.45. The van der Waals surface area contributed by atoms with Gasteiger partial charge >= 0.3 is 6.16 Å². The van der Waals surface area contributed by atoms with Crippen molar-refractivity contribution in [2.75, 3.05) is 6.61 Å². The molecule has 5 nitrogen and oxygen atoms in total. The standard InChI is InChI=1S/C32H42N2O3/c1-4-6-7-8-9-13-26-23-33-31(34-24-26)29-16-14-27(15-17-29)28-18-20-30(21-19-28)37-32(35)36-22-11-10-12-25(3)5-2/h14-21,23-25H,4-13,22H2,1-3H3/t25-/m0/s1. The molecule has 1 atom stereocenters. The summed E-state index contributed by atoms with van der Waals surface area (Å²) in [6.07, 6.45) is 14.9. The molecule has 0 bridgehead atoms. The molecule has 0 fully saturated rings. The van der Waals surface area contributed by atoms with E-state index in [1.807, 2.05) is 36.7 Å². The van der Waals surface area contributed by atoms with Crippen molar-refractivity contribution >= 4 is 6.16 Å². The van der Waals surface area contributed by atoms with Gasteiger partial charge in [0.2, 0.25) is 0 Å². The van der Waals surface area contributed by atoms with E-state index in [0.717, 1.165) is 54.1 Å². The fourth-order valence-electron chi connectivity index (χ4n) is 4.17. The van der Waals surface area contributed by atoms with Crippen LogP contribution in [-0.2, 0) is 11.2 Å². The summed E-state index contributed by atoms with van der Waals surface area (Å²) in [4.78, 5) is 21.1. The van der Waals surface area contributed by atoms with E-state index >= 15 is 0 Å². The van der Waals surface area contributed by atoms with E-state index in [1.165, 1.54) is 44.1 Å². The van der Waals surface area contributed by atoms with Gasteiger partial charge in [-0.25, -0.2) is 14.8 Å². The molecule has 0 saturated heterocycles. The van der Waals surface area contributed by atoms with Gasteiger partial charge in [-0.2, -0.15) is 0 Å². The highest BCUT2D eigenvalue weighted by atomic mass is 16.7. The van der Waals surface area contributed by atoms with Crippen LogP contribution in [0.4, 0.5) is 4.79 Å². The zero-order valence-electron chi connectivity index (χ0n) is 22.7. The fraction of sp³-hybridized carbons (Fsp3) is 0.469. The normalized spacial score (nSPS) is 11.8. The molecule has 2 aromatic carbocycles. The first-order valence-corrected chi connectivity index (χ1v) is 14.0. The molecular weight excluding hydrogens is 460 g/mol. The zero-order valence-corrected chi connectivity index (χ0v) is 22.7. The predicted octanol–water partition coefficient (Wildman–Crippen LogP) is 9.06. The van der Waals surface area contributed by atoms with Gasteiger partial charge in [0.25, 0.3) is 0 Å². The summed E-state index contributed by atoms with van der Waals surface area (Å²) in [7, 11) is 0. The quantitative estimate of drug-likeness (QED) is 0.118. The molecule has 198 valence electrons. The number of hydrogen-bond acceptors (Lipinski definition) is 5. The number of carbonyl (C=O) groups excluding carboxylic acids is 1. The minimum absolute atomic E-state index is 0.394. The number of aryl methyl sites for hydroxylation is 1. The van der Waals surface area contributed by atoms with Crippen LogP contribution in [0.15, 0.2) is 60.9 Å². The summed E-state index contributed by atoms with van der Waals surface area (Å²) in [5.74, 6) is 1.93. The number of ether oxygens (including phenoxy) is 2. The van der Waals surface area contributed by atoms with Crippen LogP contribution in [0.3, 0.4) is 0 Å². The molecule has 1 aromatic heterocycles.